The van der Waals surface area contributed by atoms with E-state index >= 15 is 0 Å². The summed E-state index contributed by atoms with van der Waals surface area (Å²) in [4.78, 5) is 29.1. The molecule has 0 aliphatic carbocycles. The fourth-order valence-electron chi connectivity index (χ4n) is 4.69. The number of anilines is 2. The van der Waals surface area contributed by atoms with Crippen LogP contribution in [0.15, 0.2) is 85.1 Å². The van der Waals surface area contributed by atoms with Gasteiger partial charge < -0.3 is 25.1 Å². The van der Waals surface area contributed by atoms with Crippen LogP contribution in [0.4, 0.5) is 24.8 Å². The Labute approximate surface area is 250 Å². The molecule has 3 N–H and O–H groups in total. The van der Waals surface area contributed by atoms with E-state index in [0.717, 1.165) is 12.1 Å². The van der Waals surface area contributed by atoms with Gasteiger partial charge in [0.15, 0.2) is 17.9 Å². The molecule has 3 aromatic carbocycles. The molecule has 1 aliphatic rings. The minimum Gasteiger partial charge on any atom is -0.352 e. The second-order valence-electron chi connectivity index (χ2n) is 10.2. The summed E-state index contributed by atoms with van der Waals surface area (Å²) in [6.45, 7) is 1.20. The van der Waals surface area contributed by atoms with Crippen LogP contribution in [0.1, 0.15) is 16.2 Å². The molecule has 9 nitrogen and oxygen atoms in total. The van der Waals surface area contributed by atoms with Gasteiger partial charge in [-0.15, -0.1) is 0 Å². The molecule has 224 valence electrons. The lowest BCUT2D eigenvalue weighted by Gasteiger charge is -2.29. The summed E-state index contributed by atoms with van der Waals surface area (Å²) >= 11 is 0. The fourth-order valence-corrected chi connectivity index (χ4v) is 4.69. The molecule has 6 rings (SSSR count). The third kappa shape index (κ3) is 6.93. The Morgan fingerprint density at radius 3 is 2.43 bits per heavy atom. The van der Waals surface area contributed by atoms with Crippen LogP contribution in [0.2, 0.25) is 0 Å². The van der Waals surface area contributed by atoms with Crippen LogP contribution in [-0.2, 0) is 15.9 Å². The van der Waals surface area contributed by atoms with E-state index in [1.54, 1.807) is 30.3 Å². The largest absolute Gasteiger partial charge is 0.352 e. The Balaban J connectivity index is 1.16. The molecule has 5 aromatic rings. The molecule has 1 amide bonds. The van der Waals surface area contributed by atoms with Crippen molar-refractivity contribution >= 4 is 17.5 Å². The topological polar surface area (TPSA) is 114 Å². The number of aromatic nitrogens is 4. The third-order valence-electron chi connectivity index (χ3n) is 6.94. The van der Waals surface area contributed by atoms with E-state index in [2.05, 4.69) is 25.6 Å². The number of H-pyrrole nitrogens is 1. The molecule has 12 heteroatoms. The van der Waals surface area contributed by atoms with Crippen molar-refractivity contribution in [1.29, 1.82) is 0 Å². The van der Waals surface area contributed by atoms with Gasteiger partial charge in [0.05, 0.1) is 36.7 Å². The molecule has 0 saturated carbocycles. The zero-order valence-electron chi connectivity index (χ0n) is 23.3. The third-order valence-corrected chi connectivity index (χ3v) is 6.94. The lowest BCUT2D eigenvalue weighted by atomic mass is 10.1. The molecule has 3 heterocycles. The first-order chi connectivity index (χ1) is 21.4. The molecule has 0 unspecified atom stereocenters. The number of aromatic amines is 1. The number of rotatable bonds is 9. The van der Waals surface area contributed by atoms with Gasteiger partial charge in [-0.3, -0.25) is 4.79 Å². The summed E-state index contributed by atoms with van der Waals surface area (Å²) < 4.78 is 52.7. The minimum atomic E-state index is -1.00. The monoisotopic (exact) mass is 600 g/mol. The van der Waals surface area contributed by atoms with Crippen LogP contribution in [0.25, 0.3) is 22.6 Å². The van der Waals surface area contributed by atoms with Gasteiger partial charge in [0.1, 0.15) is 11.6 Å². The number of amides is 1. The number of carbonyl (C=O) groups is 1. The average molecular weight is 601 g/mol. The van der Waals surface area contributed by atoms with Gasteiger partial charge in [0.25, 0.3) is 5.91 Å². The van der Waals surface area contributed by atoms with E-state index in [-0.39, 0.29) is 29.3 Å². The highest BCUT2D eigenvalue weighted by atomic mass is 19.2. The van der Waals surface area contributed by atoms with Crippen LogP contribution < -0.4 is 10.6 Å². The van der Waals surface area contributed by atoms with Gasteiger partial charge in [0.2, 0.25) is 5.95 Å². The quantitative estimate of drug-likeness (QED) is 0.200. The van der Waals surface area contributed by atoms with Crippen molar-refractivity contribution in [2.75, 3.05) is 25.1 Å². The van der Waals surface area contributed by atoms with Gasteiger partial charge in [-0.05, 0) is 54.6 Å². The molecule has 44 heavy (non-hydrogen) atoms. The van der Waals surface area contributed by atoms with Crippen molar-refractivity contribution in [2.45, 2.75) is 12.7 Å². The highest BCUT2D eigenvalue weighted by molar-refractivity contribution is 5.94. The van der Waals surface area contributed by atoms with Crippen molar-refractivity contribution in [3.63, 3.8) is 0 Å². The summed E-state index contributed by atoms with van der Waals surface area (Å²) in [6, 6.07) is 19.9. The Morgan fingerprint density at radius 1 is 0.909 bits per heavy atom. The van der Waals surface area contributed by atoms with E-state index in [9.17, 15) is 18.0 Å². The van der Waals surface area contributed by atoms with Crippen LogP contribution in [-0.4, -0.2) is 51.9 Å². The molecular formula is C32H27F3N6O3. The Bertz CT molecular complexity index is 1740. The first kappa shape index (κ1) is 29.0. The molecule has 0 atom stereocenters. The highest BCUT2D eigenvalue weighted by Crippen LogP contribution is 2.31. The number of nitrogens with zero attached hydrogens (tertiary/aromatic N) is 3. The molecule has 1 saturated heterocycles. The number of nitrogens with one attached hydrogen (secondary N) is 3. The molecule has 2 aromatic heterocycles. The van der Waals surface area contributed by atoms with Gasteiger partial charge in [-0.1, -0.05) is 18.2 Å². The average Bonchev–Trinajstić information content (AvgIpc) is 3.47. The standard InChI is InChI=1S/C32H27F3N6O3/c33-22-8-6-20(7-9-22)29-30(26-12-13-36-32(39-26)38-23-10-11-24(34)25(35)14-23)41-27(40-29)15-28-43-17-19(18-44-28)16-37-31(42)21-4-2-1-3-5-21/h1-14,19,28H,15-18H2,(H,37,42)(H,40,41)(H,36,38,39). The predicted octanol–water partition coefficient (Wildman–Crippen LogP) is 5.66. The van der Waals surface area contributed by atoms with E-state index < -0.39 is 17.9 Å². The first-order valence-electron chi connectivity index (χ1n) is 13.9. The number of hydrogen-bond acceptors (Lipinski definition) is 7. The number of ether oxygens (including phenoxy) is 2. The molecule has 0 spiro atoms. The van der Waals surface area contributed by atoms with Gasteiger partial charge in [-0.25, -0.2) is 28.1 Å². The van der Waals surface area contributed by atoms with Crippen LogP contribution in [0.3, 0.4) is 0 Å². The number of halogens is 3. The van der Waals surface area contributed by atoms with Crippen LogP contribution in [0.5, 0.6) is 0 Å². The zero-order valence-corrected chi connectivity index (χ0v) is 23.3. The lowest BCUT2D eigenvalue weighted by molar-refractivity contribution is -0.198. The smallest absolute Gasteiger partial charge is 0.251 e. The molecule has 0 bridgehead atoms. The van der Waals surface area contributed by atoms with Crippen LogP contribution in [0, 0.1) is 23.4 Å². The maximum atomic E-state index is 13.7. The van der Waals surface area contributed by atoms with Crippen molar-refractivity contribution in [3.8, 4) is 22.6 Å². The number of imidazole rings is 1. The maximum Gasteiger partial charge on any atom is 0.251 e. The lowest BCUT2D eigenvalue weighted by Crippen LogP contribution is -2.40. The Kier molecular flexibility index (Phi) is 8.62. The van der Waals surface area contributed by atoms with Crippen molar-refractivity contribution in [2.24, 2.45) is 5.92 Å². The summed E-state index contributed by atoms with van der Waals surface area (Å²) in [5.74, 6) is -1.81. The van der Waals surface area contributed by atoms with Gasteiger partial charge in [0, 0.05) is 41.5 Å². The summed E-state index contributed by atoms with van der Waals surface area (Å²) in [5.41, 5.74) is 3.04. The minimum absolute atomic E-state index is 0.0117. The van der Waals surface area contributed by atoms with E-state index in [0.29, 0.717) is 60.2 Å². The second kappa shape index (κ2) is 13.1. The Morgan fingerprint density at radius 2 is 1.68 bits per heavy atom. The van der Waals surface area contributed by atoms with Crippen molar-refractivity contribution < 1.29 is 27.4 Å². The number of benzene rings is 3. The molecular weight excluding hydrogens is 573 g/mol. The Hall–Kier alpha value is -5.07. The fraction of sp³-hybridized carbons (Fsp3) is 0.188. The van der Waals surface area contributed by atoms with E-state index in [4.69, 9.17) is 14.5 Å². The molecule has 1 fully saturated rings. The molecule has 0 radical (unpaired) electrons. The maximum absolute atomic E-state index is 13.7. The normalized spacial score (nSPS) is 16.4. The SMILES string of the molecule is O=C(NCC1COC(Cc2nc(-c3ccc(F)cc3)c(-c3ccnc(Nc4ccc(F)c(F)c4)n3)[nH]2)OC1)c1ccccc1. The second-order valence-corrected chi connectivity index (χ2v) is 10.2. The first-order valence-corrected chi connectivity index (χ1v) is 13.9. The molecule has 1 aliphatic heterocycles. The number of carbonyl (C=O) groups excluding carboxylic acids is 1. The van der Waals surface area contributed by atoms with Crippen LogP contribution >= 0.6 is 0 Å². The predicted molar refractivity (Wildman–Crippen MR) is 156 cm³/mol. The van der Waals surface area contributed by atoms with Crippen molar-refractivity contribution in [1.82, 2.24) is 25.3 Å². The zero-order chi connectivity index (χ0) is 30.5. The van der Waals surface area contributed by atoms with Crippen molar-refractivity contribution in [3.05, 3.63) is 114 Å². The number of hydrogen-bond donors (Lipinski definition) is 3. The van der Waals surface area contributed by atoms with Gasteiger partial charge >= 0.3 is 0 Å². The summed E-state index contributed by atoms with van der Waals surface area (Å²) in [5, 5.41) is 5.79. The van der Waals surface area contributed by atoms with E-state index in [1.807, 2.05) is 18.2 Å². The summed E-state index contributed by atoms with van der Waals surface area (Å²) in [6.07, 6.45) is 1.23. The van der Waals surface area contributed by atoms with E-state index in [1.165, 1.54) is 24.4 Å². The van der Waals surface area contributed by atoms with Gasteiger partial charge in [-0.2, -0.15) is 0 Å². The highest BCUT2D eigenvalue weighted by Gasteiger charge is 2.25. The summed E-state index contributed by atoms with van der Waals surface area (Å²) in [7, 11) is 0.